The van der Waals surface area contributed by atoms with Crippen molar-refractivity contribution in [3.8, 4) is 11.4 Å². The van der Waals surface area contributed by atoms with Gasteiger partial charge in [-0.05, 0) is 37.1 Å². The second-order valence-corrected chi connectivity index (χ2v) is 9.22. The van der Waals surface area contributed by atoms with E-state index in [1.165, 1.54) is 0 Å². The summed E-state index contributed by atoms with van der Waals surface area (Å²) in [5.41, 5.74) is 0.409. The molecule has 31 heavy (non-hydrogen) atoms. The molecular formula is C22H27N5O4. The molecule has 1 aromatic heterocycles. The molecule has 4 rings (SSSR count). The zero-order valence-corrected chi connectivity index (χ0v) is 18.0. The van der Waals surface area contributed by atoms with Gasteiger partial charge in [-0.3, -0.25) is 14.5 Å². The molecule has 0 unspecified atom stereocenters. The molecule has 1 spiro atoms. The summed E-state index contributed by atoms with van der Waals surface area (Å²) in [6, 6.07) is 6.70. The van der Waals surface area contributed by atoms with Crippen molar-refractivity contribution < 1.29 is 18.9 Å². The van der Waals surface area contributed by atoms with Crippen LogP contribution in [0.25, 0.3) is 11.4 Å². The first-order valence-electron chi connectivity index (χ1n) is 10.6. The number of benzene rings is 1. The van der Waals surface area contributed by atoms with Gasteiger partial charge in [-0.1, -0.05) is 38.8 Å². The third-order valence-corrected chi connectivity index (χ3v) is 5.76. The van der Waals surface area contributed by atoms with Crippen LogP contribution in [0.1, 0.15) is 58.8 Å². The molecule has 0 bridgehead atoms. The summed E-state index contributed by atoms with van der Waals surface area (Å²) in [6.07, 6.45) is 3.24. The van der Waals surface area contributed by atoms with Crippen molar-refractivity contribution in [2.45, 2.75) is 63.8 Å². The molecule has 9 nitrogen and oxygen atoms in total. The second kappa shape index (κ2) is 7.79. The Hall–Kier alpha value is -3.23. The molecule has 4 amide bonds. The topological polar surface area (TPSA) is 117 Å². The van der Waals surface area contributed by atoms with Crippen LogP contribution in [0.4, 0.5) is 10.5 Å². The van der Waals surface area contributed by atoms with Gasteiger partial charge in [0.1, 0.15) is 5.54 Å². The number of nitrogens with zero attached hydrogens (tertiary/aromatic N) is 3. The Balaban J connectivity index is 1.32. The van der Waals surface area contributed by atoms with E-state index in [-0.39, 0.29) is 30.2 Å². The Morgan fingerprint density at radius 2 is 1.87 bits per heavy atom. The zero-order chi connectivity index (χ0) is 22.2. The molecule has 164 valence electrons. The average molecular weight is 425 g/mol. The molecule has 2 heterocycles. The Morgan fingerprint density at radius 3 is 2.48 bits per heavy atom. The van der Waals surface area contributed by atoms with Crippen LogP contribution in [-0.4, -0.2) is 45.0 Å². The lowest BCUT2D eigenvalue weighted by Gasteiger charge is -2.19. The molecular weight excluding hydrogens is 398 g/mol. The van der Waals surface area contributed by atoms with Crippen molar-refractivity contribution in [1.82, 2.24) is 20.4 Å². The SMILES string of the molecule is CC(C)(C)c1nc(-c2ccc(NC(=O)CCN3C(=O)NC4(CCCC4)C3=O)cc2)no1. The van der Waals surface area contributed by atoms with Gasteiger partial charge in [-0.15, -0.1) is 0 Å². The van der Waals surface area contributed by atoms with E-state index in [2.05, 4.69) is 20.8 Å². The van der Waals surface area contributed by atoms with E-state index in [4.69, 9.17) is 4.52 Å². The van der Waals surface area contributed by atoms with E-state index in [0.717, 1.165) is 23.3 Å². The number of rotatable bonds is 5. The van der Waals surface area contributed by atoms with Crippen LogP contribution >= 0.6 is 0 Å². The fourth-order valence-corrected chi connectivity index (χ4v) is 3.98. The summed E-state index contributed by atoms with van der Waals surface area (Å²) < 4.78 is 5.32. The summed E-state index contributed by atoms with van der Waals surface area (Å²) in [7, 11) is 0. The quantitative estimate of drug-likeness (QED) is 0.710. The van der Waals surface area contributed by atoms with Crippen LogP contribution < -0.4 is 10.6 Å². The summed E-state index contributed by atoms with van der Waals surface area (Å²) in [4.78, 5) is 42.8. The summed E-state index contributed by atoms with van der Waals surface area (Å²) in [5.74, 6) is 0.569. The van der Waals surface area contributed by atoms with Gasteiger partial charge in [0.15, 0.2) is 0 Å². The van der Waals surface area contributed by atoms with Gasteiger partial charge in [0.05, 0.1) is 0 Å². The standard InChI is InChI=1S/C22H27N5O4/c1-21(2,3)18-24-17(26-31-18)14-6-8-15(9-7-14)23-16(28)10-13-27-19(29)22(25-20(27)30)11-4-5-12-22/h6-9H,4-5,10-13H2,1-3H3,(H,23,28)(H,25,30). The number of carbonyl (C=O) groups is 3. The highest BCUT2D eigenvalue weighted by Gasteiger charge is 2.52. The molecule has 0 radical (unpaired) electrons. The number of amides is 4. The van der Waals surface area contributed by atoms with Gasteiger partial charge in [0.2, 0.25) is 17.6 Å². The summed E-state index contributed by atoms with van der Waals surface area (Å²) in [6.45, 7) is 6.05. The van der Waals surface area contributed by atoms with Gasteiger partial charge in [0, 0.05) is 29.6 Å². The molecule has 1 aromatic carbocycles. The average Bonchev–Trinajstić information content (AvgIpc) is 3.43. The lowest BCUT2D eigenvalue weighted by atomic mass is 9.97. The number of urea groups is 1. The molecule has 2 aromatic rings. The van der Waals surface area contributed by atoms with E-state index < -0.39 is 11.6 Å². The van der Waals surface area contributed by atoms with E-state index in [0.29, 0.717) is 30.2 Å². The maximum atomic E-state index is 12.6. The number of imide groups is 1. The number of aromatic nitrogens is 2. The van der Waals surface area contributed by atoms with Crippen molar-refractivity contribution in [3.05, 3.63) is 30.2 Å². The highest BCUT2D eigenvalue weighted by Crippen LogP contribution is 2.35. The maximum Gasteiger partial charge on any atom is 0.325 e. The van der Waals surface area contributed by atoms with Crippen LogP contribution in [-0.2, 0) is 15.0 Å². The minimum atomic E-state index is -0.745. The number of hydrogen-bond donors (Lipinski definition) is 2. The fourth-order valence-electron chi connectivity index (χ4n) is 3.98. The molecule has 2 fully saturated rings. The van der Waals surface area contributed by atoms with Crippen molar-refractivity contribution in [2.24, 2.45) is 0 Å². The number of hydrogen-bond acceptors (Lipinski definition) is 6. The molecule has 2 aliphatic rings. The molecule has 1 saturated carbocycles. The minimum Gasteiger partial charge on any atom is -0.338 e. The van der Waals surface area contributed by atoms with Crippen LogP contribution in [0.2, 0.25) is 0 Å². The lowest BCUT2D eigenvalue weighted by Crippen LogP contribution is -2.44. The smallest absolute Gasteiger partial charge is 0.325 e. The third kappa shape index (κ3) is 4.17. The van der Waals surface area contributed by atoms with Crippen molar-refractivity contribution >= 4 is 23.5 Å². The first-order valence-corrected chi connectivity index (χ1v) is 10.6. The van der Waals surface area contributed by atoms with Crippen molar-refractivity contribution in [2.75, 3.05) is 11.9 Å². The Bertz CT molecular complexity index is 1000. The van der Waals surface area contributed by atoms with Gasteiger partial charge in [-0.2, -0.15) is 4.98 Å². The zero-order valence-electron chi connectivity index (χ0n) is 18.0. The molecule has 1 aliphatic carbocycles. The molecule has 9 heteroatoms. The summed E-state index contributed by atoms with van der Waals surface area (Å²) >= 11 is 0. The predicted octanol–water partition coefficient (Wildman–Crippen LogP) is 3.23. The largest absolute Gasteiger partial charge is 0.338 e. The van der Waals surface area contributed by atoms with E-state index in [9.17, 15) is 14.4 Å². The van der Waals surface area contributed by atoms with Crippen LogP contribution in [0.5, 0.6) is 0 Å². The van der Waals surface area contributed by atoms with E-state index in [1.807, 2.05) is 20.8 Å². The minimum absolute atomic E-state index is 0.0385. The molecule has 1 saturated heterocycles. The predicted molar refractivity (Wildman–Crippen MR) is 113 cm³/mol. The van der Waals surface area contributed by atoms with Crippen molar-refractivity contribution in [1.29, 1.82) is 0 Å². The normalized spacial score (nSPS) is 18.0. The monoisotopic (exact) mass is 425 g/mol. The molecule has 0 atom stereocenters. The second-order valence-electron chi connectivity index (χ2n) is 9.22. The Morgan fingerprint density at radius 1 is 1.19 bits per heavy atom. The van der Waals surface area contributed by atoms with Crippen molar-refractivity contribution in [3.63, 3.8) is 0 Å². The van der Waals surface area contributed by atoms with Gasteiger partial charge >= 0.3 is 6.03 Å². The summed E-state index contributed by atoms with van der Waals surface area (Å²) in [5, 5.41) is 9.63. The Labute approximate surface area is 180 Å². The highest BCUT2D eigenvalue weighted by molar-refractivity contribution is 6.07. The van der Waals surface area contributed by atoms with Gasteiger partial charge in [-0.25, -0.2) is 4.79 Å². The van der Waals surface area contributed by atoms with Gasteiger partial charge < -0.3 is 15.2 Å². The maximum absolute atomic E-state index is 12.6. The first-order chi connectivity index (χ1) is 14.7. The highest BCUT2D eigenvalue weighted by atomic mass is 16.5. The van der Waals surface area contributed by atoms with Gasteiger partial charge in [0.25, 0.3) is 5.91 Å². The van der Waals surface area contributed by atoms with E-state index in [1.54, 1.807) is 24.3 Å². The molecule has 2 N–H and O–H groups in total. The van der Waals surface area contributed by atoms with E-state index >= 15 is 0 Å². The first kappa shape index (κ1) is 21.0. The van der Waals surface area contributed by atoms with Crippen LogP contribution in [0, 0.1) is 0 Å². The van der Waals surface area contributed by atoms with Crippen LogP contribution in [0.15, 0.2) is 28.8 Å². The fraction of sp³-hybridized carbons (Fsp3) is 0.500. The number of nitrogens with one attached hydrogen (secondary N) is 2. The van der Waals surface area contributed by atoms with Crippen LogP contribution in [0.3, 0.4) is 0 Å². The number of carbonyl (C=O) groups excluding carboxylic acids is 3. The molecule has 1 aliphatic heterocycles. The third-order valence-electron chi connectivity index (χ3n) is 5.76. The lowest BCUT2D eigenvalue weighted by molar-refractivity contribution is -0.131. The number of anilines is 1. The Kier molecular flexibility index (Phi) is 5.28.